The maximum Gasteiger partial charge on any atom is 0.416 e. The van der Waals surface area contributed by atoms with Crippen molar-refractivity contribution in [3.05, 3.63) is 35.4 Å². The molecule has 1 unspecified atom stereocenters. The molecule has 1 N–H and O–H groups in total. The Bertz CT molecular complexity index is 693. The molecule has 5 nitrogen and oxygen atoms in total. The quantitative estimate of drug-likeness (QED) is 0.885. The Morgan fingerprint density at radius 2 is 2.12 bits per heavy atom. The number of likely N-dealkylation sites (tertiary alicyclic amines) is 1. The maximum absolute atomic E-state index is 12.8. The van der Waals surface area contributed by atoms with Crippen molar-refractivity contribution in [2.45, 2.75) is 32.1 Å². The summed E-state index contributed by atoms with van der Waals surface area (Å²) >= 11 is 0. The minimum atomic E-state index is -4.41. The lowest BCUT2D eigenvalue weighted by Crippen LogP contribution is -2.54. The van der Waals surface area contributed by atoms with Crippen LogP contribution in [0.4, 0.5) is 13.2 Å². The molecule has 142 valence electrons. The molecule has 0 aromatic heterocycles. The Balaban J connectivity index is 1.66. The van der Waals surface area contributed by atoms with Crippen molar-refractivity contribution >= 4 is 11.8 Å². The average Bonchev–Trinajstić information content (AvgIpc) is 2.95. The van der Waals surface area contributed by atoms with Crippen LogP contribution in [0.3, 0.4) is 0 Å². The molecular formula is C18H22F3N3O2. The Morgan fingerprint density at radius 3 is 2.81 bits per heavy atom. The number of amides is 2. The molecule has 0 radical (unpaired) electrons. The number of nitrogens with one attached hydrogen (secondary N) is 1. The third-order valence-corrected chi connectivity index (χ3v) is 4.98. The van der Waals surface area contributed by atoms with E-state index in [9.17, 15) is 22.8 Å². The number of hydrogen-bond donors (Lipinski definition) is 1. The SMILES string of the molecule is C[C@@H]1CNCCN1C(=O)C1CC(=O)N(Cc2cccc(C(F)(F)F)c2)C1. The van der Waals surface area contributed by atoms with E-state index in [4.69, 9.17) is 0 Å². The third kappa shape index (κ3) is 4.00. The molecule has 2 heterocycles. The summed E-state index contributed by atoms with van der Waals surface area (Å²) in [5, 5.41) is 3.21. The molecule has 0 aliphatic carbocycles. The first kappa shape index (κ1) is 18.7. The number of piperazine rings is 1. The lowest BCUT2D eigenvalue weighted by Gasteiger charge is -2.35. The zero-order valence-electron chi connectivity index (χ0n) is 14.6. The second-order valence-corrected chi connectivity index (χ2v) is 6.96. The predicted molar refractivity (Wildman–Crippen MR) is 89.0 cm³/mol. The smallest absolute Gasteiger partial charge is 0.338 e. The highest BCUT2D eigenvalue weighted by Gasteiger charge is 2.38. The van der Waals surface area contributed by atoms with Crippen molar-refractivity contribution in [2.24, 2.45) is 5.92 Å². The molecular weight excluding hydrogens is 347 g/mol. The van der Waals surface area contributed by atoms with Gasteiger partial charge in [-0.1, -0.05) is 12.1 Å². The van der Waals surface area contributed by atoms with E-state index in [1.165, 1.54) is 11.0 Å². The number of rotatable bonds is 3. The van der Waals surface area contributed by atoms with Crippen molar-refractivity contribution in [1.29, 1.82) is 0 Å². The molecule has 3 rings (SSSR count). The van der Waals surface area contributed by atoms with Gasteiger partial charge in [0.05, 0.1) is 11.5 Å². The second-order valence-electron chi connectivity index (χ2n) is 6.96. The lowest BCUT2D eigenvalue weighted by molar-refractivity contribution is -0.138. The summed E-state index contributed by atoms with van der Waals surface area (Å²) in [5.74, 6) is -0.656. The number of carbonyl (C=O) groups excluding carboxylic acids is 2. The van der Waals surface area contributed by atoms with Crippen LogP contribution in [0, 0.1) is 5.92 Å². The maximum atomic E-state index is 12.8. The van der Waals surface area contributed by atoms with Crippen LogP contribution in [0.25, 0.3) is 0 Å². The molecule has 8 heteroatoms. The number of benzene rings is 1. The fourth-order valence-electron chi connectivity index (χ4n) is 3.56. The van der Waals surface area contributed by atoms with E-state index in [-0.39, 0.29) is 37.4 Å². The average molecular weight is 369 g/mol. The Hall–Kier alpha value is -2.09. The van der Waals surface area contributed by atoms with Crippen LogP contribution in [0.5, 0.6) is 0 Å². The van der Waals surface area contributed by atoms with Gasteiger partial charge in [-0.05, 0) is 24.6 Å². The highest BCUT2D eigenvalue weighted by Crippen LogP contribution is 2.30. The van der Waals surface area contributed by atoms with E-state index < -0.39 is 17.7 Å². The third-order valence-electron chi connectivity index (χ3n) is 4.98. The van der Waals surface area contributed by atoms with Gasteiger partial charge in [-0.15, -0.1) is 0 Å². The van der Waals surface area contributed by atoms with E-state index in [1.54, 1.807) is 11.0 Å². The summed E-state index contributed by atoms with van der Waals surface area (Å²) in [7, 11) is 0. The van der Waals surface area contributed by atoms with Gasteiger partial charge in [-0.25, -0.2) is 0 Å². The summed E-state index contributed by atoms with van der Waals surface area (Å²) in [6.07, 6.45) is -4.30. The van der Waals surface area contributed by atoms with Crippen LogP contribution in [0.2, 0.25) is 0 Å². The number of hydrogen-bond acceptors (Lipinski definition) is 3. The summed E-state index contributed by atoms with van der Waals surface area (Å²) < 4.78 is 38.5. The molecule has 0 bridgehead atoms. The van der Waals surface area contributed by atoms with E-state index in [1.807, 2.05) is 6.92 Å². The zero-order chi connectivity index (χ0) is 18.9. The van der Waals surface area contributed by atoms with Gasteiger partial charge in [-0.2, -0.15) is 13.2 Å². The fraction of sp³-hybridized carbons (Fsp3) is 0.556. The van der Waals surface area contributed by atoms with Crippen molar-refractivity contribution in [2.75, 3.05) is 26.2 Å². The van der Waals surface area contributed by atoms with Gasteiger partial charge in [0.15, 0.2) is 0 Å². The zero-order valence-corrected chi connectivity index (χ0v) is 14.6. The Labute approximate surface area is 150 Å². The molecule has 2 atom stereocenters. The predicted octanol–water partition coefficient (Wildman–Crippen LogP) is 1.87. The highest BCUT2D eigenvalue weighted by molar-refractivity contribution is 5.89. The van der Waals surface area contributed by atoms with E-state index >= 15 is 0 Å². The van der Waals surface area contributed by atoms with Crippen molar-refractivity contribution in [1.82, 2.24) is 15.1 Å². The van der Waals surface area contributed by atoms with Gasteiger partial charge >= 0.3 is 6.18 Å². The van der Waals surface area contributed by atoms with Crippen molar-refractivity contribution in [3.63, 3.8) is 0 Å². The van der Waals surface area contributed by atoms with Crippen LogP contribution >= 0.6 is 0 Å². The van der Waals surface area contributed by atoms with Gasteiger partial charge in [-0.3, -0.25) is 9.59 Å². The van der Waals surface area contributed by atoms with Gasteiger partial charge in [0, 0.05) is 45.2 Å². The van der Waals surface area contributed by atoms with Crippen molar-refractivity contribution in [3.8, 4) is 0 Å². The Kier molecular flexibility index (Phi) is 5.22. The largest absolute Gasteiger partial charge is 0.416 e. The molecule has 2 aliphatic heterocycles. The van der Waals surface area contributed by atoms with E-state index in [2.05, 4.69) is 5.32 Å². The van der Waals surface area contributed by atoms with Crippen LogP contribution in [0.1, 0.15) is 24.5 Å². The molecule has 2 aliphatic rings. The van der Waals surface area contributed by atoms with Crippen LogP contribution in [-0.2, 0) is 22.3 Å². The fourth-order valence-corrected chi connectivity index (χ4v) is 3.56. The first-order valence-electron chi connectivity index (χ1n) is 8.71. The molecule has 26 heavy (non-hydrogen) atoms. The van der Waals surface area contributed by atoms with E-state index in [0.29, 0.717) is 12.1 Å². The van der Waals surface area contributed by atoms with Crippen molar-refractivity contribution < 1.29 is 22.8 Å². The molecule has 1 aromatic carbocycles. The summed E-state index contributed by atoms with van der Waals surface area (Å²) in [6, 6.07) is 5.04. The number of alkyl halides is 3. The monoisotopic (exact) mass is 369 g/mol. The highest BCUT2D eigenvalue weighted by atomic mass is 19.4. The van der Waals surface area contributed by atoms with Crippen LogP contribution in [0.15, 0.2) is 24.3 Å². The second kappa shape index (κ2) is 7.26. The normalized spacial score (nSPS) is 24.2. The Morgan fingerprint density at radius 1 is 1.35 bits per heavy atom. The van der Waals surface area contributed by atoms with E-state index in [0.717, 1.165) is 25.2 Å². The topological polar surface area (TPSA) is 52.7 Å². The number of halogens is 3. The number of nitrogens with zero attached hydrogens (tertiary/aromatic N) is 2. The molecule has 2 fully saturated rings. The van der Waals surface area contributed by atoms with Gasteiger partial charge in [0.1, 0.15) is 0 Å². The lowest BCUT2D eigenvalue weighted by atomic mass is 10.0. The summed E-state index contributed by atoms with van der Waals surface area (Å²) in [4.78, 5) is 28.2. The summed E-state index contributed by atoms with van der Waals surface area (Å²) in [5.41, 5.74) is -0.319. The number of carbonyl (C=O) groups is 2. The molecule has 0 saturated carbocycles. The van der Waals surface area contributed by atoms with Gasteiger partial charge < -0.3 is 15.1 Å². The standard InChI is InChI=1S/C18H22F3N3O2/c1-12-9-22-5-6-24(12)17(26)14-8-16(25)23(11-14)10-13-3-2-4-15(7-13)18(19,20)21/h2-4,7,12,14,22H,5-6,8-11H2,1H3/t12-,14?/m1/s1. The molecule has 2 saturated heterocycles. The minimum absolute atomic E-state index is 0.0427. The van der Waals surface area contributed by atoms with Gasteiger partial charge in [0.25, 0.3) is 0 Å². The summed E-state index contributed by atoms with van der Waals surface area (Å²) in [6.45, 7) is 4.36. The molecule has 1 aromatic rings. The first-order valence-corrected chi connectivity index (χ1v) is 8.71. The van der Waals surface area contributed by atoms with Gasteiger partial charge in [0.2, 0.25) is 11.8 Å². The van der Waals surface area contributed by atoms with Crippen LogP contribution in [-0.4, -0.2) is 53.8 Å². The molecule has 2 amide bonds. The molecule has 0 spiro atoms. The van der Waals surface area contributed by atoms with Crippen LogP contribution < -0.4 is 5.32 Å². The first-order chi connectivity index (χ1) is 12.3. The minimum Gasteiger partial charge on any atom is -0.338 e.